The van der Waals surface area contributed by atoms with Gasteiger partial charge in [0.1, 0.15) is 0 Å². The molecular formula is C12H20N2O3S. The first-order valence-corrected chi connectivity index (χ1v) is 7.25. The number of allylic oxidation sites excluding steroid dienone is 1. The van der Waals surface area contributed by atoms with E-state index in [1.807, 2.05) is 19.1 Å². The number of carbonyl (C=O) groups excluding carboxylic acids is 1. The molecule has 1 atom stereocenters. The maximum Gasteiger partial charge on any atom is 0.317 e. The fourth-order valence-corrected chi connectivity index (χ4v) is 2.89. The number of carbonyl (C=O) groups is 2. The number of rotatable bonds is 5. The van der Waals surface area contributed by atoms with Gasteiger partial charge in [0.15, 0.2) is 0 Å². The fourth-order valence-electron chi connectivity index (χ4n) is 1.82. The first-order chi connectivity index (χ1) is 8.65. The van der Waals surface area contributed by atoms with Gasteiger partial charge in [-0.1, -0.05) is 12.2 Å². The number of amides is 2. The summed E-state index contributed by atoms with van der Waals surface area (Å²) in [5, 5.41) is 11.7. The van der Waals surface area contributed by atoms with Crippen molar-refractivity contribution in [3.05, 3.63) is 12.2 Å². The third-order valence-electron chi connectivity index (χ3n) is 2.72. The van der Waals surface area contributed by atoms with Gasteiger partial charge in [-0.25, -0.2) is 4.79 Å². The number of carboxylic acid groups (broad SMARTS) is 1. The third-order valence-corrected chi connectivity index (χ3v) is 3.81. The largest absolute Gasteiger partial charge is 0.481 e. The van der Waals surface area contributed by atoms with Crippen molar-refractivity contribution >= 4 is 23.8 Å². The standard InChI is InChI=1S/C12H20N2O3S/c1-2-3-4-5-13-12(17)14-6-7-18-9-10(14)8-11(15)16/h2-3,10H,4-9H2,1H3,(H,13,17)(H,15,16)/b3-2+. The fraction of sp³-hybridized carbons (Fsp3) is 0.667. The number of carboxylic acids is 1. The van der Waals surface area contributed by atoms with Crippen molar-refractivity contribution in [3.8, 4) is 0 Å². The lowest BCUT2D eigenvalue weighted by molar-refractivity contribution is -0.137. The van der Waals surface area contributed by atoms with Gasteiger partial charge < -0.3 is 15.3 Å². The van der Waals surface area contributed by atoms with E-state index in [1.165, 1.54) is 0 Å². The van der Waals surface area contributed by atoms with Gasteiger partial charge in [0.05, 0.1) is 12.5 Å². The number of nitrogens with zero attached hydrogens (tertiary/aromatic N) is 1. The van der Waals surface area contributed by atoms with E-state index >= 15 is 0 Å². The zero-order chi connectivity index (χ0) is 13.4. The third kappa shape index (κ3) is 5.00. The number of urea groups is 1. The number of thioether (sulfide) groups is 1. The summed E-state index contributed by atoms with van der Waals surface area (Å²) in [6.45, 7) is 3.15. The van der Waals surface area contributed by atoms with Gasteiger partial charge in [-0.2, -0.15) is 11.8 Å². The number of hydrogen-bond acceptors (Lipinski definition) is 3. The summed E-state index contributed by atoms with van der Waals surface area (Å²) in [5.41, 5.74) is 0. The molecule has 0 bridgehead atoms. The van der Waals surface area contributed by atoms with Gasteiger partial charge in [-0.05, 0) is 13.3 Å². The van der Waals surface area contributed by atoms with Gasteiger partial charge >= 0.3 is 12.0 Å². The molecule has 18 heavy (non-hydrogen) atoms. The van der Waals surface area contributed by atoms with Gasteiger partial charge in [0.2, 0.25) is 0 Å². The van der Waals surface area contributed by atoms with Crippen molar-refractivity contribution in [2.75, 3.05) is 24.6 Å². The van der Waals surface area contributed by atoms with Crippen LogP contribution in [0, 0.1) is 0 Å². The molecule has 0 saturated carbocycles. The molecule has 6 heteroatoms. The molecule has 1 fully saturated rings. The van der Waals surface area contributed by atoms with Crippen LogP contribution in [0.25, 0.3) is 0 Å². The quantitative estimate of drug-likeness (QED) is 0.588. The number of hydrogen-bond donors (Lipinski definition) is 2. The molecule has 1 unspecified atom stereocenters. The summed E-state index contributed by atoms with van der Waals surface area (Å²) in [6.07, 6.45) is 4.75. The second kappa shape index (κ2) is 8.02. The molecule has 102 valence electrons. The molecule has 1 saturated heterocycles. The van der Waals surface area contributed by atoms with Crippen LogP contribution in [0.3, 0.4) is 0 Å². The Morgan fingerprint density at radius 1 is 1.56 bits per heavy atom. The van der Waals surface area contributed by atoms with Crippen molar-refractivity contribution in [1.82, 2.24) is 10.2 Å². The van der Waals surface area contributed by atoms with Crippen LogP contribution in [0.2, 0.25) is 0 Å². The molecule has 2 amide bonds. The second-order valence-electron chi connectivity index (χ2n) is 4.11. The maximum absolute atomic E-state index is 11.9. The summed E-state index contributed by atoms with van der Waals surface area (Å²) >= 11 is 1.70. The maximum atomic E-state index is 11.9. The zero-order valence-electron chi connectivity index (χ0n) is 10.6. The van der Waals surface area contributed by atoms with Crippen LogP contribution < -0.4 is 5.32 Å². The van der Waals surface area contributed by atoms with Crippen LogP contribution >= 0.6 is 11.8 Å². The van der Waals surface area contributed by atoms with E-state index in [-0.39, 0.29) is 18.5 Å². The van der Waals surface area contributed by atoms with Crippen LogP contribution in [-0.2, 0) is 4.79 Å². The molecular weight excluding hydrogens is 252 g/mol. The Hall–Kier alpha value is -1.17. The summed E-state index contributed by atoms with van der Waals surface area (Å²) in [7, 11) is 0. The Balaban J connectivity index is 2.43. The summed E-state index contributed by atoms with van der Waals surface area (Å²) in [4.78, 5) is 24.4. The Kier molecular flexibility index (Phi) is 6.64. The molecule has 1 rings (SSSR count). The van der Waals surface area contributed by atoms with Crippen LogP contribution in [0.15, 0.2) is 12.2 Å². The van der Waals surface area contributed by atoms with Gasteiger partial charge in [-0.3, -0.25) is 4.79 Å². The Bertz CT molecular complexity index is 320. The monoisotopic (exact) mass is 272 g/mol. The topological polar surface area (TPSA) is 69.6 Å². The van der Waals surface area contributed by atoms with Crippen LogP contribution in [-0.4, -0.2) is 52.6 Å². The van der Waals surface area contributed by atoms with Crippen LogP contribution in [0.5, 0.6) is 0 Å². The van der Waals surface area contributed by atoms with Crippen LogP contribution in [0.1, 0.15) is 19.8 Å². The van der Waals surface area contributed by atoms with E-state index in [0.29, 0.717) is 18.8 Å². The predicted molar refractivity (Wildman–Crippen MR) is 72.9 cm³/mol. The minimum Gasteiger partial charge on any atom is -0.481 e. The molecule has 0 radical (unpaired) electrons. The zero-order valence-corrected chi connectivity index (χ0v) is 11.4. The van der Waals surface area contributed by atoms with Gasteiger partial charge in [0, 0.05) is 24.6 Å². The summed E-state index contributed by atoms with van der Waals surface area (Å²) < 4.78 is 0. The van der Waals surface area contributed by atoms with Gasteiger partial charge in [0.25, 0.3) is 0 Å². The predicted octanol–water partition coefficient (Wildman–Crippen LogP) is 1.55. The van der Waals surface area contributed by atoms with Crippen molar-refractivity contribution in [1.29, 1.82) is 0 Å². The van der Waals surface area contributed by atoms with Crippen molar-refractivity contribution in [2.24, 2.45) is 0 Å². The highest BCUT2D eigenvalue weighted by molar-refractivity contribution is 7.99. The van der Waals surface area contributed by atoms with Gasteiger partial charge in [-0.15, -0.1) is 0 Å². The highest BCUT2D eigenvalue weighted by Crippen LogP contribution is 2.18. The van der Waals surface area contributed by atoms with E-state index < -0.39 is 5.97 Å². The number of nitrogens with one attached hydrogen (secondary N) is 1. The molecule has 1 aliphatic heterocycles. The Labute approximate surface area is 112 Å². The van der Waals surface area contributed by atoms with E-state index in [4.69, 9.17) is 5.11 Å². The molecule has 2 N–H and O–H groups in total. The lowest BCUT2D eigenvalue weighted by Gasteiger charge is -2.34. The molecule has 5 nitrogen and oxygen atoms in total. The average Bonchev–Trinajstić information content (AvgIpc) is 2.34. The number of aliphatic carboxylic acids is 1. The second-order valence-corrected chi connectivity index (χ2v) is 5.26. The highest BCUT2D eigenvalue weighted by Gasteiger charge is 2.28. The SMILES string of the molecule is C/C=C/CCNC(=O)N1CCSCC1CC(=O)O. The summed E-state index contributed by atoms with van der Waals surface area (Å²) in [6, 6.07) is -0.339. The molecule has 1 heterocycles. The lowest BCUT2D eigenvalue weighted by Crippen LogP contribution is -2.51. The molecule has 0 aliphatic carbocycles. The minimum absolute atomic E-state index is 0.0231. The molecule has 0 aromatic heterocycles. The van der Waals surface area contributed by atoms with Crippen LogP contribution in [0.4, 0.5) is 4.79 Å². The normalized spacial score (nSPS) is 20.1. The molecule has 0 spiro atoms. The highest BCUT2D eigenvalue weighted by atomic mass is 32.2. The minimum atomic E-state index is -0.853. The lowest BCUT2D eigenvalue weighted by atomic mass is 10.2. The first-order valence-electron chi connectivity index (χ1n) is 6.10. The van der Waals surface area contributed by atoms with Crippen molar-refractivity contribution in [3.63, 3.8) is 0 Å². The van der Waals surface area contributed by atoms with E-state index in [2.05, 4.69) is 5.32 Å². The van der Waals surface area contributed by atoms with Crippen molar-refractivity contribution < 1.29 is 14.7 Å². The van der Waals surface area contributed by atoms with E-state index in [9.17, 15) is 9.59 Å². The van der Waals surface area contributed by atoms with E-state index in [0.717, 1.165) is 12.2 Å². The summed E-state index contributed by atoms with van der Waals surface area (Å²) in [5.74, 6) is 0.724. The smallest absolute Gasteiger partial charge is 0.317 e. The Morgan fingerprint density at radius 2 is 2.33 bits per heavy atom. The average molecular weight is 272 g/mol. The van der Waals surface area contributed by atoms with E-state index in [1.54, 1.807) is 16.7 Å². The van der Waals surface area contributed by atoms with Crippen molar-refractivity contribution in [2.45, 2.75) is 25.8 Å². The molecule has 1 aliphatic rings. The molecule has 0 aromatic carbocycles. The first kappa shape index (κ1) is 14.9. The Morgan fingerprint density at radius 3 is 3.00 bits per heavy atom. The molecule has 0 aromatic rings.